The highest BCUT2D eigenvalue weighted by Crippen LogP contribution is 2.07. The van der Waals surface area contributed by atoms with Gasteiger partial charge in [-0.25, -0.2) is 13.1 Å². The minimum Gasteiger partial charge on any atom is -0.343 e. The number of nitrogens with zero attached hydrogens (tertiary/aromatic N) is 1. The van der Waals surface area contributed by atoms with Crippen LogP contribution in [0.25, 0.3) is 0 Å². The number of likely N-dealkylation sites (N-methyl/N-ethyl adjacent to an activating group) is 1. The molecule has 0 saturated heterocycles. The van der Waals surface area contributed by atoms with Crippen LogP contribution in [0, 0.1) is 0 Å². The van der Waals surface area contributed by atoms with E-state index < -0.39 is 10.0 Å². The number of carbonyl (C=O) groups excluding carboxylic acids is 1. The number of sulfonamides is 1. The fourth-order valence-corrected chi connectivity index (χ4v) is 3.55. The SMILES string of the molecule is CCN(CCc1ccccc1)C(=O)CCNS(=O)(=O)c1ccccc1. The van der Waals surface area contributed by atoms with Gasteiger partial charge >= 0.3 is 0 Å². The van der Waals surface area contributed by atoms with E-state index in [1.165, 1.54) is 17.7 Å². The van der Waals surface area contributed by atoms with Crippen molar-refractivity contribution in [2.75, 3.05) is 19.6 Å². The van der Waals surface area contributed by atoms with Gasteiger partial charge in [-0.1, -0.05) is 48.5 Å². The zero-order valence-electron chi connectivity index (χ0n) is 14.4. The Morgan fingerprint density at radius 3 is 2.20 bits per heavy atom. The lowest BCUT2D eigenvalue weighted by Gasteiger charge is -2.21. The van der Waals surface area contributed by atoms with Crippen molar-refractivity contribution in [2.24, 2.45) is 0 Å². The molecule has 0 radical (unpaired) electrons. The van der Waals surface area contributed by atoms with Gasteiger partial charge in [0, 0.05) is 26.1 Å². The van der Waals surface area contributed by atoms with Crippen LogP contribution in [0.1, 0.15) is 18.9 Å². The molecule has 2 aromatic carbocycles. The van der Waals surface area contributed by atoms with Gasteiger partial charge < -0.3 is 4.90 Å². The van der Waals surface area contributed by atoms with E-state index in [1.807, 2.05) is 37.3 Å². The maximum atomic E-state index is 12.3. The number of nitrogens with one attached hydrogen (secondary N) is 1. The maximum Gasteiger partial charge on any atom is 0.240 e. The number of amides is 1. The highest BCUT2D eigenvalue weighted by atomic mass is 32.2. The Labute approximate surface area is 149 Å². The summed E-state index contributed by atoms with van der Waals surface area (Å²) < 4.78 is 26.7. The molecule has 0 saturated carbocycles. The normalized spacial score (nSPS) is 11.2. The van der Waals surface area contributed by atoms with Crippen LogP contribution in [0.2, 0.25) is 0 Å². The first-order valence-electron chi connectivity index (χ1n) is 8.39. The molecule has 0 aliphatic heterocycles. The fraction of sp³-hybridized carbons (Fsp3) is 0.316. The van der Waals surface area contributed by atoms with E-state index in [2.05, 4.69) is 4.72 Å². The Morgan fingerprint density at radius 1 is 1.00 bits per heavy atom. The van der Waals surface area contributed by atoms with Crippen LogP contribution in [0.4, 0.5) is 0 Å². The zero-order valence-corrected chi connectivity index (χ0v) is 15.2. The molecule has 0 heterocycles. The molecule has 0 bridgehead atoms. The molecule has 134 valence electrons. The molecule has 5 nitrogen and oxygen atoms in total. The van der Waals surface area contributed by atoms with Crippen molar-refractivity contribution < 1.29 is 13.2 Å². The van der Waals surface area contributed by atoms with Gasteiger partial charge in [0.2, 0.25) is 15.9 Å². The monoisotopic (exact) mass is 360 g/mol. The molecule has 25 heavy (non-hydrogen) atoms. The fourth-order valence-electron chi connectivity index (χ4n) is 2.50. The Balaban J connectivity index is 1.81. The van der Waals surface area contributed by atoms with E-state index in [1.54, 1.807) is 23.1 Å². The summed E-state index contributed by atoms with van der Waals surface area (Å²) in [7, 11) is -3.56. The quantitative estimate of drug-likeness (QED) is 0.747. The second-order valence-electron chi connectivity index (χ2n) is 5.67. The lowest BCUT2D eigenvalue weighted by atomic mass is 10.1. The number of rotatable bonds is 9. The molecule has 0 spiro atoms. The van der Waals surface area contributed by atoms with E-state index in [4.69, 9.17) is 0 Å². The number of benzene rings is 2. The molecule has 0 aliphatic carbocycles. The maximum absolute atomic E-state index is 12.3. The topological polar surface area (TPSA) is 66.5 Å². The summed E-state index contributed by atoms with van der Waals surface area (Å²) in [5.41, 5.74) is 1.18. The van der Waals surface area contributed by atoms with Gasteiger partial charge in [-0.3, -0.25) is 4.79 Å². The van der Waals surface area contributed by atoms with Gasteiger partial charge in [-0.2, -0.15) is 0 Å². The molecule has 0 aliphatic rings. The van der Waals surface area contributed by atoms with Crippen molar-refractivity contribution in [3.63, 3.8) is 0 Å². The van der Waals surface area contributed by atoms with Crippen LogP contribution in [-0.4, -0.2) is 38.9 Å². The molecule has 0 aromatic heterocycles. The van der Waals surface area contributed by atoms with Crippen molar-refractivity contribution >= 4 is 15.9 Å². The Kier molecular flexibility index (Phi) is 7.16. The summed E-state index contributed by atoms with van der Waals surface area (Å²) in [6.07, 6.45) is 0.935. The van der Waals surface area contributed by atoms with Gasteiger partial charge in [0.25, 0.3) is 0 Å². The highest BCUT2D eigenvalue weighted by molar-refractivity contribution is 7.89. The first-order valence-corrected chi connectivity index (χ1v) is 9.87. The largest absolute Gasteiger partial charge is 0.343 e. The Hall–Kier alpha value is -2.18. The van der Waals surface area contributed by atoms with Gasteiger partial charge in [-0.05, 0) is 31.0 Å². The number of carbonyl (C=O) groups is 1. The third-order valence-corrected chi connectivity index (χ3v) is 5.41. The van der Waals surface area contributed by atoms with E-state index >= 15 is 0 Å². The third-order valence-electron chi connectivity index (χ3n) is 3.93. The summed E-state index contributed by atoms with van der Waals surface area (Å²) in [6.45, 7) is 3.26. The number of hydrogen-bond donors (Lipinski definition) is 1. The summed E-state index contributed by atoms with van der Waals surface area (Å²) in [5.74, 6) is -0.0470. The van der Waals surface area contributed by atoms with Gasteiger partial charge in [0.1, 0.15) is 0 Å². The Bertz CT molecular complexity index is 762. The first kappa shape index (κ1) is 19.1. The lowest BCUT2D eigenvalue weighted by molar-refractivity contribution is -0.130. The predicted molar refractivity (Wildman–Crippen MR) is 98.6 cm³/mol. The van der Waals surface area contributed by atoms with Crippen LogP contribution in [0.3, 0.4) is 0 Å². The molecular weight excluding hydrogens is 336 g/mol. The van der Waals surface area contributed by atoms with Crippen molar-refractivity contribution in [1.29, 1.82) is 0 Å². The summed E-state index contributed by atoms with van der Waals surface area (Å²) in [4.78, 5) is 14.3. The molecule has 2 aromatic rings. The summed E-state index contributed by atoms with van der Waals surface area (Å²) in [5, 5.41) is 0. The minimum absolute atomic E-state index is 0.0470. The van der Waals surface area contributed by atoms with Crippen molar-refractivity contribution in [2.45, 2.75) is 24.7 Å². The van der Waals surface area contributed by atoms with Gasteiger partial charge in [-0.15, -0.1) is 0 Å². The number of hydrogen-bond acceptors (Lipinski definition) is 3. The van der Waals surface area contributed by atoms with Crippen LogP contribution in [0.15, 0.2) is 65.6 Å². The van der Waals surface area contributed by atoms with E-state index in [0.29, 0.717) is 13.1 Å². The molecule has 6 heteroatoms. The molecule has 0 atom stereocenters. The summed E-state index contributed by atoms with van der Waals surface area (Å²) >= 11 is 0. The molecule has 0 fully saturated rings. The van der Waals surface area contributed by atoms with Crippen molar-refractivity contribution in [3.8, 4) is 0 Å². The van der Waals surface area contributed by atoms with Crippen molar-refractivity contribution in [1.82, 2.24) is 9.62 Å². The second kappa shape index (κ2) is 9.34. The van der Waals surface area contributed by atoms with E-state index in [0.717, 1.165) is 6.42 Å². The third kappa shape index (κ3) is 5.99. The van der Waals surface area contributed by atoms with Crippen LogP contribution < -0.4 is 4.72 Å². The predicted octanol–water partition coefficient (Wildman–Crippen LogP) is 2.45. The zero-order chi connectivity index (χ0) is 18.1. The van der Waals surface area contributed by atoms with Crippen LogP contribution in [-0.2, 0) is 21.2 Å². The molecule has 0 unspecified atom stereocenters. The van der Waals surface area contributed by atoms with Crippen LogP contribution >= 0.6 is 0 Å². The smallest absolute Gasteiger partial charge is 0.240 e. The average Bonchev–Trinajstić information content (AvgIpc) is 2.64. The van der Waals surface area contributed by atoms with Gasteiger partial charge in [0.15, 0.2) is 0 Å². The lowest BCUT2D eigenvalue weighted by Crippen LogP contribution is -2.35. The van der Waals surface area contributed by atoms with Gasteiger partial charge in [0.05, 0.1) is 4.90 Å². The molecule has 2 rings (SSSR count). The van der Waals surface area contributed by atoms with E-state index in [-0.39, 0.29) is 23.8 Å². The first-order chi connectivity index (χ1) is 12.0. The Morgan fingerprint density at radius 2 is 1.60 bits per heavy atom. The average molecular weight is 360 g/mol. The second-order valence-corrected chi connectivity index (χ2v) is 7.44. The molecule has 1 amide bonds. The molecular formula is C19H24N2O3S. The highest BCUT2D eigenvalue weighted by Gasteiger charge is 2.15. The van der Waals surface area contributed by atoms with Crippen molar-refractivity contribution in [3.05, 3.63) is 66.2 Å². The standard InChI is InChI=1S/C19H24N2O3S/c1-2-21(16-14-17-9-5-3-6-10-17)19(22)13-15-20-25(23,24)18-11-7-4-8-12-18/h3-12,20H,2,13-16H2,1H3. The molecule has 1 N–H and O–H groups in total. The summed E-state index contributed by atoms with van der Waals surface area (Å²) in [6, 6.07) is 18.1. The van der Waals surface area contributed by atoms with E-state index in [9.17, 15) is 13.2 Å². The minimum atomic E-state index is -3.56. The van der Waals surface area contributed by atoms with Crippen LogP contribution in [0.5, 0.6) is 0 Å².